The van der Waals surface area contributed by atoms with Crippen molar-refractivity contribution in [2.45, 2.75) is 6.54 Å². The number of halogens is 2. The van der Waals surface area contributed by atoms with Crippen LogP contribution in [0.3, 0.4) is 0 Å². The lowest BCUT2D eigenvalue weighted by Crippen LogP contribution is -2.18. The molecule has 1 N–H and O–H groups in total. The van der Waals surface area contributed by atoms with Gasteiger partial charge in [0.1, 0.15) is 5.01 Å². The number of methoxy groups -OCH3 is 1. The molecule has 1 aromatic carbocycles. The summed E-state index contributed by atoms with van der Waals surface area (Å²) in [5.41, 5.74) is 0.383. The second-order valence-electron chi connectivity index (χ2n) is 3.77. The Hall–Kier alpha value is -1.08. The van der Waals surface area contributed by atoms with Crippen LogP contribution < -0.4 is 5.32 Å². The van der Waals surface area contributed by atoms with E-state index >= 15 is 0 Å². The molecule has 0 atom stereocenters. The Morgan fingerprint density at radius 3 is 3.05 bits per heavy atom. The second-order valence-corrected chi connectivity index (χ2v) is 5.24. The van der Waals surface area contributed by atoms with Crippen molar-refractivity contribution in [1.82, 2.24) is 15.5 Å². The standard InChI is InChI=1S/C12H13ClFN3OS/c1-18-6-5-15-7-10-16-17-12(19-10)8-3-2-4-9(13)11(8)14/h2-4,15H,5-7H2,1H3. The topological polar surface area (TPSA) is 47.0 Å². The van der Waals surface area contributed by atoms with Crippen molar-refractivity contribution in [3.05, 3.63) is 34.0 Å². The van der Waals surface area contributed by atoms with Gasteiger partial charge in [-0.3, -0.25) is 0 Å². The van der Waals surface area contributed by atoms with Crippen molar-refractivity contribution in [3.8, 4) is 10.6 Å². The molecule has 2 rings (SSSR count). The average Bonchev–Trinajstić information content (AvgIpc) is 2.87. The zero-order valence-electron chi connectivity index (χ0n) is 10.3. The van der Waals surface area contributed by atoms with Gasteiger partial charge in [-0.05, 0) is 12.1 Å². The van der Waals surface area contributed by atoms with E-state index in [1.54, 1.807) is 19.2 Å². The van der Waals surface area contributed by atoms with E-state index in [-0.39, 0.29) is 5.02 Å². The van der Waals surface area contributed by atoms with Gasteiger partial charge in [0.2, 0.25) is 0 Å². The summed E-state index contributed by atoms with van der Waals surface area (Å²) in [6.07, 6.45) is 0. The average molecular weight is 302 g/mol. The first kappa shape index (κ1) is 14.3. The number of hydrogen-bond acceptors (Lipinski definition) is 5. The van der Waals surface area contributed by atoms with Crippen LogP contribution in [0.4, 0.5) is 4.39 Å². The van der Waals surface area contributed by atoms with Crippen molar-refractivity contribution in [1.29, 1.82) is 0 Å². The van der Waals surface area contributed by atoms with E-state index in [1.807, 2.05) is 0 Å². The highest BCUT2D eigenvalue weighted by atomic mass is 35.5. The predicted molar refractivity (Wildman–Crippen MR) is 73.9 cm³/mol. The van der Waals surface area contributed by atoms with Crippen LogP contribution in [0, 0.1) is 5.82 Å². The minimum Gasteiger partial charge on any atom is -0.383 e. The molecule has 0 amide bonds. The van der Waals surface area contributed by atoms with Crippen LogP contribution in [-0.4, -0.2) is 30.5 Å². The Balaban J connectivity index is 2.06. The third-order valence-corrected chi connectivity index (χ3v) is 3.66. The van der Waals surface area contributed by atoms with Crippen molar-refractivity contribution in [3.63, 3.8) is 0 Å². The summed E-state index contributed by atoms with van der Waals surface area (Å²) in [6.45, 7) is 1.95. The molecule has 102 valence electrons. The minimum absolute atomic E-state index is 0.0902. The molecule has 0 radical (unpaired) electrons. The third kappa shape index (κ3) is 3.70. The Kier molecular flexibility index (Phi) is 5.21. The van der Waals surface area contributed by atoms with Gasteiger partial charge in [-0.2, -0.15) is 0 Å². The smallest absolute Gasteiger partial charge is 0.152 e. The molecule has 0 bridgehead atoms. The normalized spacial score (nSPS) is 10.9. The molecule has 0 aliphatic rings. The summed E-state index contributed by atoms with van der Waals surface area (Å²) < 4.78 is 18.7. The molecule has 19 heavy (non-hydrogen) atoms. The summed E-state index contributed by atoms with van der Waals surface area (Å²) in [6, 6.07) is 4.84. The van der Waals surface area contributed by atoms with Gasteiger partial charge in [0.15, 0.2) is 10.8 Å². The van der Waals surface area contributed by atoms with Gasteiger partial charge < -0.3 is 10.1 Å². The number of nitrogens with zero attached hydrogens (tertiary/aromatic N) is 2. The quantitative estimate of drug-likeness (QED) is 0.834. The van der Waals surface area contributed by atoms with E-state index in [9.17, 15) is 4.39 Å². The van der Waals surface area contributed by atoms with E-state index in [0.717, 1.165) is 11.6 Å². The molecule has 0 aliphatic carbocycles. The van der Waals surface area contributed by atoms with Gasteiger partial charge in [-0.1, -0.05) is 29.0 Å². The maximum absolute atomic E-state index is 13.8. The summed E-state index contributed by atoms with van der Waals surface area (Å²) in [7, 11) is 1.65. The number of hydrogen-bond donors (Lipinski definition) is 1. The Morgan fingerprint density at radius 1 is 1.42 bits per heavy atom. The number of rotatable bonds is 6. The number of ether oxygens (including phenoxy) is 1. The summed E-state index contributed by atoms with van der Waals surface area (Å²) in [4.78, 5) is 0. The van der Waals surface area contributed by atoms with E-state index in [4.69, 9.17) is 16.3 Å². The van der Waals surface area contributed by atoms with E-state index < -0.39 is 5.82 Å². The molecule has 0 saturated heterocycles. The maximum atomic E-state index is 13.8. The fourth-order valence-electron chi connectivity index (χ4n) is 1.47. The van der Waals surface area contributed by atoms with Crippen LogP contribution in [0.5, 0.6) is 0 Å². The molecule has 1 heterocycles. The second kappa shape index (κ2) is 6.91. The zero-order chi connectivity index (χ0) is 13.7. The van der Waals surface area contributed by atoms with Gasteiger partial charge in [-0.15, -0.1) is 10.2 Å². The van der Waals surface area contributed by atoms with Gasteiger partial charge in [0.05, 0.1) is 11.6 Å². The molecular weight excluding hydrogens is 289 g/mol. The molecule has 0 spiro atoms. The molecule has 4 nitrogen and oxygen atoms in total. The lowest BCUT2D eigenvalue weighted by Gasteiger charge is -2.00. The van der Waals surface area contributed by atoms with Gasteiger partial charge in [0.25, 0.3) is 0 Å². The summed E-state index contributed by atoms with van der Waals surface area (Å²) in [5, 5.41) is 12.6. The SMILES string of the molecule is COCCNCc1nnc(-c2cccc(Cl)c2F)s1. The predicted octanol–water partition coefficient (Wildman–Crippen LogP) is 2.73. The van der Waals surface area contributed by atoms with Crippen LogP contribution in [0.25, 0.3) is 10.6 Å². The van der Waals surface area contributed by atoms with Gasteiger partial charge in [0, 0.05) is 25.8 Å². The van der Waals surface area contributed by atoms with Crippen LogP contribution in [0.15, 0.2) is 18.2 Å². The lowest BCUT2D eigenvalue weighted by atomic mass is 10.2. The zero-order valence-corrected chi connectivity index (χ0v) is 11.9. The fraction of sp³-hybridized carbons (Fsp3) is 0.333. The first-order chi connectivity index (χ1) is 9.22. The van der Waals surface area contributed by atoms with E-state index in [2.05, 4.69) is 15.5 Å². The molecule has 7 heteroatoms. The number of benzene rings is 1. The van der Waals surface area contributed by atoms with Gasteiger partial charge >= 0.3 is 0 Å². The lowest BCUT2D eigenvalue weighted by molar-refractivity contribution is 0.199. The minimum atomic E-state index is -0.459. The summed E-state index contributed by atoms with van der Waals surface area (Å²) in [5.74, 6) is -0.459. The Labute approximate surface area is 119 Å². The summed E-state index contributed by atoms with van der Waals surface area (Å²) >= 11 is 7.09. The molecule has 1 aromatic heterocycles. The molecule has 0 saturated carbocycles. The first-order valence-corrected chi connectivity index (χ1v) is 6.88. The molecule has 0 fully saturated rings. The van der Waals surface area contributed by atoms with Gasteiger partial charge in [-0.25, -0.2) is 4.39 Å². The van der Waals surface area contributed by atoms with E-state index in [0.29, 0.717) is 23.7 Å². The molecule has 2 aromatic rings. The van der Waals surface area contributed by atoms with Crippen molar-refractivity contribution in [2.24, 2.45) is 0 Å². The third-order valence-electron chi connectivity index (χ3n) is 2.41. The highest BCUT2D eigenvalue weighted by Gasteiger charge is 2.13. The maximum Gasteiger partial charge on any atom is 0.152 e. The molecule has 0 unspecified atom stereocenters. The Morgan fingerprint density at radius 2 is 2.26 bits per heavy atom. The highest BCUT2D eigenvalue weighted by molar-refractivity contribution is 7.14. The van der Waals surface area contributed by atoms with Crippen LogP contribution >= 0.6 is 22.9 Å². The monoisotopic (exact) mass is 301 g/mol. The van der Waals surface area contributed by atoms with Crippen LogP contribution in [0.1, 0.15) is 5.01 Å². The number of nitrogens with one attached hydrogen (secondary N) is 1. The number of aromatic nitrogens is 2. The van der Waals surface area contributed by atoms with Crippen LogP contribution in [0.2, 0.25) is 5.02 Å². The van der Waals surface area contributed by atoms with Crippen molar-refractivity contribution >= 4 is 22.9 Å². The molecular formula is C12H13ClFN3OS. The first-order valence-electron chi connectivity index (χ1n) is 5.69. The van der Waals surface area contributed by atoms with Crippen molar-refractivity contribution in [2.75, 3.05) is 20.3 Å². The van der Waals surface area contributed by atoms with Crippen molar-refractivity contribution < 1.29 is 9.13 Å². The van der Waals surface area contributed by atoms with E-state index in [1.165, 1.54) is 17.4 Å². The van der Waals surface area contributed by atoms with Crippen LogP contribution in [-0.2, 0) is 11.3 Å². The molecule has 0 aliphatic heterocycles. The Bertz CT molecular complexity index is 550. The largest absolute Gasteiger partial charge is 0.383 e. The highest BCUT2D eigenvalue weighted by Crippen LogP contribution is 2.29. The fourth-order valence-corrected chi connectivity index (χ4v) is 2.48.